The van der Waals surface area contributed by atoms with E-state index in [2.05, 4.69) is 31.0 Å². The first-order valence-corrected chi connectivity index (χ1v) is 16.3. The van der Waals surface area contributed by atoms with Crippen molar-refractivity contribution in [3.05, 3.63) is 95.9 Å². The van der Waals surface area contributed by atoms with Crippen LogP contribution in [0.4, 0.5) is 21.5 Å². The molecule has 2 heterocycles. The van der Waals surface area contributed by atoms with Crippen LogP contribution in [0.3, 0.4) is 0 Å². The molecule has 2 aromatic heterocycles. The summed E-state index contributed by atoms with van der Waals surface area (Å²) in [4.78, 5) is 48.2. The summed E-state index contributed by atoms with van der Waals surface area (Å²) >= 11 is 6.34. The molecular formula is C36H33ClFN7O3. The lowest BCUT2D eigenvalue weighted by atomic mass is 9.59. The fraction of sp³-hybridized carbons (Fsp3) is 0.278. The number of benzene rings is 3. The summed E-state index contributed by atoms with van der Waals surface area (Å²) in [6.45, 7) is 1.30. The molecule has 0 spiro atoms. The SMILES string of the molecule is CC(=O)c1nn(CC(=O)NC23CCC(CC2)CC3C(=O)Nc2cccc(-c3ccccc3Cl)c2F)c2ccc(Nc3cncnc3)cc12. The molecule has 0 radical (unpaired) electrons. The van der Waals surface area contributed by atoms with E-state index in [9.17, 15) is 14.4 Å². The minimum Gasteiger partial charge on any atom is -0.353 e. The number of carbonyl (C=O) groups excluding carboxylic acids is 3. The molecule has 8 rings (SSSR count). The lowest BCUT2D eigenvalue weighted by Gasteiger charge is -2.51. The van der Waals surface area contributed by atoms with Crippen molar-refractivity contribution >= 4 is 57.2 Å². The number of hydrogen-bond donors (Lipinski definition) is 3. The number of fused-ring (bicyclic) bond motifs is 4. The third kappa shape index (κ3) is 6.01. The minimum absolute atomic E-state index is 0.0637. The smallest absolute Gasteiger partial charge is 0.242 e. The van der Waals surface area contributed by atoms with Crippen LogP contribution in [0.2, 0.25) is 5.02 Å². The van der Waals surface area contributed by atoms with Gasteiger partial charge in [0.05, 0.1) is 40.7 Å². The van der Waals surface area contributed by atoms with Gasteiger partial charge >= 0.3 is 0 Å². The van der Waals surface area contributed by atoms with Crippen LogP contribution in [0.1, 0.15) is 49.5 Å². The first-order chi connectivity index (χ1) is 23.2. The van der Waals surface area contributed by atoms with Crippen LogP contribution in [0.5, 0.6) is 0 Å². The van der Waals surface area contributed by atoms with Gasteiger partial charge in [-0.05, 0) is 68.4 Å². The Morgan fingerprint density at radius 1 is 0.979 bits per heavy atom. The molecule has 5 aromatic rings. The molecule has 2 bridgehead atoms. The van der Waals surface area contributed by atoms with Gasteiger partial charge in [-0.2, -0.15) is 5.10 Å². The molecule has 2 amide bonds. The maximum Gasteiger partial charge on any atom is 0.242 e. The van der Waals surface area contributed by atoms with Crippen LogP contribution in [0.25, 0.3) is 22.0 Å². The Morgan fingerprint density at radius 2 is 1.73 bits per heavy atom. The van der Waals surface area contributed by atoms with Gasteiger partial charge in [0.2, 0.25) is 11.8 Å². The topological polar surface area (TPSA) is 131 Å². The Balaban J connectivity index is 1.11. The monoisotopic (exact) mass is 665 g/mol. The standard InChI is InChI=1S/C36H33ClFN7O3/c1-21(46)34-27-16-23(41-24-17-39-20-40-18-24)9-10-31(27)45(44-34)19-32(47)43-36-13-11-22(12-14-36)15-28(36)35(48)42-30-8-4-6-26(33(30)38)25-5-2-3-7-29(25)37/h2-10,16-18,20,22,28,41H,11-15,19H2,1H3,(H,42,48)(H,43,47). The number of amides is 2. The van der Waals surface area contributed by atoms with Gasteiger partial charge in [0.1, 0.15) is 18.6 Å². The first-order valence-electron chi connectivity index (χ1n) is 15.9. The molecule has 3 aliphatic carbocycles. The summed E-state index contributed by atoms with van der Waals surface area (Å²) in [7, 11) is 0. The Hall–Kier alpha value is -5.16. The van der Waals surface area contributed by atoms with E-state index in [1.54, 1.807) is 54.9 Å². The van der Waals surface area contributed by atoms with Gasteiger partial charge in [-0.25, -0.2) is 14.4 Å². The summed E-state index contributed by atoms with van der Waals surface area (Å²) in [5, 5.41) is 14.8. The molecule has 3 saturated carbocycles. The van der Waals surface area contributed by atoms with Crippen LogP contribution in [0, 0.1) is 17.7 Å². The van der Waals surface area contributed by atoms with Crippen molar-refractivity contribution in [2.75, 3.05) is 10.6 Å². The summed E-state index contributed by atoms with van der Waals surface area (Å²) in [6.07, 6.45) is 8.36. The second-order valence-electron chi connectivity index (χ2n) is 12.6. The zero-order chi connectivity index (χ0) is 33.4. The molecule has 1 unspecified atom stereocenters. The van der Waals surface area contributed by atoms with E-state index in [1.807, 2.05) is 12.1 Å². The second-order valence-corrected chi connectivity index (χ2v) is 13.0. The fourth-order valence-corrected chi connectivity index (χ4v) is 7.50. The van der Waals surface area contributed by atoms with Crippen molar-refractivity contribution in [2.24, 2.45) is 11.8 Å². The number of nitrogens with zero attached hydrogens (tertiary/aromatic N) is 4. The zero-order valence-electron chi connectivity index (χ0n) is 26.2. The Bertz CT molecular complexity index is 2040. The van der Waals surface area contributed by atoms with Gasteiger partial charge < -0.3 is 16.0 Å². The van der Waals surface area contributed by atoms with Crippen LogP contribution in [-0.2, 0) is 16.1 Å². The number of carbonyl (C=O) groups is 3. The van der Waals surface area contributed by atoms with E-state index in [1.165, 1.54) is 24.0 Å². The lowest BCUT2D eigenvalue weighted by molar-refractivity contribution is -0.132. The number of aromatic nitrogens is 4. The molecule has 12 heteroatoms. The van der Waals surface area contributed by atoms with Crippen molar-refractivity contribution in [3.63, 3.8) is 0 Å². The molecule has 10 nitrogen and oxygen atoms in total. The Labute approximate surface area is 281 Å². The number of ketones is 1. The number of rotatable bonds is 9. The van der Waals surface area contributed by atoms with Crippen molar-refractivity contribution in [2.45, 2.75) is 51.1 Å². The highest BCUT2D eigenvalue weighted by molar-refractivity contribution is 6.33. The summed E-state index contributed by atoms with van der Waals surface area (Å²) in [5.41, 5.74) is 2.37. The average molecular weight is 666 g/mol. The third-order valence-corrected chi connectivity index (χ3v) is 9.92. The fourth-order valence-electron chi connectivity index (χ4n) is 7.26. The molecule has 0 saturated heterocycles. The number of halogens is 2. The maximum absolute atomic E-state index is 15.7. The molecule has 3 aliphatic rings. The summed E-state index contributed by atoms with van der Waals surface area (Å²) < 4.78 is 17.3. The minimum atomic E-state index is -0.784. The van der Waals surface area contributed by atoms with Gasteiger partial charge in [-0.1, -0.05) is 41.9 Å². The van der Waals surface area contributed by atoms with Crippen LogP contribution >= 0.6 is 11.6 Å². The highest BCUT2D eigenvalue weighted by Gasteiger charge is 2.51. The molecule has 244 valence electrons. The van der Waals surface area contributed by atoms with E-state index in [0.717, 1.165) is 12.8 Å². The molecular weight excluding hydrogens is 633 g/mol. The van der Waals surface area contributed by atoms with Crippen molar-refractivity contribution < 1.29 is 18.8 Å². The van der Waals surface area contributed by atoms with Crippen molar-refractivity contribution in [1.82, 2.24) is 25.1 Å². The van der Waals surface area contributed by atoms with Crippen LogP contribution in [0.15, 0.2) is 79.4 Å². The third-order valence-electron chi connectivity index (χ3n) is 9.59. The van der Waals surface area contributed by atoms with Crippen molar-refractivity contribution in [3.8, 4) is 11.1 Å². The first kappa shape index (κ1) is 31.4. The Kier molecular flexibility index (Phi) is 8.38. The predicted molar refractivity (Wildman–Crippen MR) is 181 cm³/mol. The second kappa shape index (κ2) is 12.8. The average Bonchev–Trinajstić information content (AvgIpc) is 3.44. The molecule has 3 N–H and O–H groups in total. The van der Waals surface area contributed by atoms with Gasteiger partial charge in [0.25, 0.3) is 0 Å². The molecule has 3 fully saturated rings. The molecule has 1 atom stereocenters. The summed E-state index contributed by atoms with van der Waals surface area (Å²) in [6, 6.07) is 17.3. The molecule has 48 heavy (non-hydrogen) atoms. The van der Waals surface area contributed by atoms with Gasteiger partial charge in [-0.15, -0.1) is 0 Å². The Morgan fingerprint density at radius 3 is 2.48 bits per heavy atom. The van der Waals surface area contributed by atoms with E-state index in [0.29, 0.717) is 63.6 Å². The number of anilines is 3. The van der Waals surface area contributed by atoms with E-state index in [-0.39, 0.29) is 35.5 Å². The van der Waals surface area contributed by atoms with E-state index in [4.69, 9.17) is 11.6 Å². The quantitative estimate of drug-likeness (QED) is 0.145. The number of hydrogen-bond acceptors (Lipinski definition) is 7. The van der Waals surface area contributed by atoms with Crippen LogP contribution in [-0.4, -0.2) is 42.9 Å². The van der Waals surface area contributed by atoms with Crippen LogP contribution < -0.4 is 16.0 Å². The molecule has 0 aliphatic heterocycles. The largest absolute Gasteiger partial charge is 0.353 e. The number of nitrogens with one attached hydrogen (secondary N) is 3. The van der Waals surface area contributed by atoms with Gasteiger partial charge in [0.15, 0.2) is 11.6 Å². The maximum atomic E-state index is 15.7. The lowest BCUT2D eigenvalue weighted by Crippen LogP contribution is -2.62. The van der Waals surface area contributed by atoms with E-state index >= 15 is 4.39 Å². The van der Waals surface area contributed by atoms with Gasteiger partial charge in [-0.3, -0.25) is 19.1 Å². The van der Waals surface area contributed by atoms with Crippen molar-refractivity contribution in [1.29, 1.82) is 0 Å². The van der Waals surface area contributed by atoms with E-state index < -0.39 is 17.3 Å². The number of Topliss-reactive ketones (excluding diaryl/α,β-unsaturated/α-hetero) is 1. The zero-order valence-corrected chi connectivity index (χ0v) is 26.9. The summed E-state index contributed by atoms with van der Waals surface area (Å²) in [5.74, 6) is -1.64. The normalized spacial score (nSPS) is 20.0. The molecule has 3 aromatic carbocycles. The highest BCUT2D eigenvalue weighted by atomic mass is 35.5. The van der Waals surface area contributed by atoms with Gasteiger partial charge in [0, 0.05) is 34.1 Å². The highest BCUT2D eigenvalue weighted by Crippen LogP contribution is 2.48. The predicted octanol–water partition coefficient (Wildman–Crippen LogP) is 6.94.